The fourth-order valence-corrected chi connectivity index (χ4v) is 1.43. The Balaban J connectivity index is 2.31. The third-order valence-electron chi connectivity index (χ3n) is 2.35. The highest BCUT2D eigenvalue weighted by Gasteiger charge is 2.07. The van der Waals surface area contributed by atoms with E-state index in [2.05, 4.69) is 4.98 Å². The summed E-state index contributed by atoms with van der Waals surface area (Å²) in [4.78, 5) is 3.95. The first-order valence-electron chi connectivity index (χ1n) is 5.31. The predicted molar refractivity (Wildman–Crippen MR) is 66.5 cm³/mol. The van der Waals surface area contributed by atoms with Crippen molar-refractivity contribution in [1.82, 2.24) is 4.98 Å². The summed E-state index contributed by atoms with van der Waals surface area (Å²) in [5, 5.41) is 7.31. The second-order valence-corrected chi connectivity index (χ2v) is 3.83. The molecule has 0 saturated carbocycles. The number of nitrogen functional groups attached to an aromatic ring is 1. The van der Waals surface area contributed by atoms with Gasteiger partial charge in [-0.25, -0.2) is 9.37 Å². The first-order chi connectivity index (χ1) is 8.56. The number of ether oxygens (including phenoxy) is 1. The molecule has 1 aromatic carbocycles. The van der Waals surface area contributed by atoms with Crippen LogP contribution in [0.4, 0.5) is 4.39 Å². The van der Waals surface area contributed by atoms with E-state index in [0.29, 0.717) is 5.56 Å². The number of benzene rings is 1. The van der Waals surface area contributed by atoms with Crippen LogP contribution in [0.15, 0.2) is 36.5 Å². The molecule has 0 saturated heterocycles. The highest BCUT2D eigenvalue weighted by Crippen LogP contribution is 2.24. The van der Waals surface area contributed by atoms with Gasteiger partial charge < -0.3 is 10.5 Å². The molecule has 92 valence electrons. The number of hydrogen-bond acceptors (Lipinski definition) is 3. The van der Waals surface area contributed by atoms with E-state index < -0.39 is 5.82 Å². The molecule has 0 aliphatic heterocycles. The summed E-state index contributed by atoms with van der Waals surface area (Å²) in [5.74, 6) is -0.252. The van der Waals surface area contributed by atoms with Crippen LogP contribution in [-0.4, -0.2) is 10.8 Å². The number of pyridine rings is 1. The molecule has 0 amide bonds. The fraction of sp³-hybridized carbons (Fsp3) is 0.0769. The van der Waals surface area contributed by atoms with E-state index in [9.17, 15) is 4.39 Å². The van der Waals surface area contributed by atoms with Crippen LogP contribution in [0.1, 0.15) is 11.1 Å². The quantitative estimate of drug-likeness (QED) is 0.645. The molecule has 0 bridgehead atoms. The van der Waals surface area contributed by atoms with Crippen LogP contribution in [0.25, 0.3) is 0 Å². The van der Waals surface area contributed by atoms with Gasteiger partial charge in [-0.1, -0.05) is 6.07 Å². The smallest absolute Gasteiger partial charge is 0.220 e. The molecule has 0 unspecified atom stereocenters. The molecule has 3 N–H and O–H groups in total. The third kappa shape index (κ3) is 2.63. The van der Waals surface area contributed by atoms with Crippen molar-refractivity contribution in [2.45, 2.75) is 6.92 Å². The average Bonchev–Trinajstić information content (AvgIpc) is 2.34. The summed E-state index contributed by atoms with van der Waals surface area (Å²) < 4.78 is 18.8. The lowest BCUT2D eigenvalue weighted by atomic mass is 10.2. The molecular weight excluding hydrogens is 233 g/mol. The molecule has 2 rings (SSSR count). The zero-order chi connectivity index (χ0) is 13.1. The van der Waals surface area contributed by atoms with Crippen LogP contribution in [0, 0.1) is 18.2 Å². The zero-order valence-corrected chi connectivity index (χ0v) is 9.77. The van der Waals surface area contributed by atoms with Crippen molar-refractivity contribution in [3.05, 3.63) is 53.5 Å². The SMILES string of the molecule is Cc1ccc(F)c(Oc2cc(C(=N)N)ccn2)c1. The van der Waals surface area contributed by atoms with Gasteiger partial charge in [-0.2, -0.15) is 0 Å². The van der Waals surface area contributed by atoms with Gasteiger partial charge in [0.15, 0.2) is 11.6 Å². The standard InChI is InChI=1S/C13H12FN3O/c1-8-2-3-10(14)11(6-8)18-12-7-9(13(15)16)4-5-17-12/h2-7H,1H3,(H3,15,16). The number of nitrogens with zero attached hydrogens (tertiary/aromatic N) is 1. The minimum absolute atomic E-state index is 0.0908. The van der Waals surface area contributed by atoms with Crippen molar-refractivity contribution in [2.75, 3.05) is 0 Å². The van der Waals surface area contributed by atoms with Crippen molar-refractivity contribution >= 4 is 5.84 Å². The molecule has 18 heavy (non-hydrogen) atoms. The summed E-state index contributed by atoms with van der Waals surface area (Å²) in [7, 11) is 0. The lowest BCUT2D eigenvalue weighted by molar-refractivity contribution is 0.427. The van der Waals surface area contributed by atoms with Crippen LogP contribution >= 0.6 is 0 Å². The fourth-order valence-electron chi connectivity index (χ4n) is 1.43. The van der Waals surface area contributed by atoms with Gasteiger partial charge in [-0.15, -0.1) is 0 Å². The zero-order valence-electron chi connectivity index (χ0n) is 9.77. The molecule has 2 aromatic rings. The van der Waals surface area contributed by atoms with Gasteiger partial charge in [0.1, 0.15) is 5.84 Å². The Labute approximate surface area is 104 Å². The van der Waals surface area contributed by atoms with Crippen LogP contribution < -0.4 is 10.5 Å². The number of amidine groups is 1. The summed E-state index contributed by atoms with van der Waals surface area (Å²) in [6, 6.07) is 7.64. The van der Waals surface area contributed by atoms with E-state index in [1.807, 2.05) is 6.92 Å². The number of rotatable bonds is 3. The Morgan fingerprint density at radius 1 is 1.33 bits per heavy atom. The molecule has 0 aliphatic rings. The lowest BCUT2D eigenvalue weighted by Gasteiger charge is -2.07. The van der Waals surface area contributed by atoms with Crippen LogP contribution in [0.3, 0.4) is 0 Å². The Morgan fingerprint density at radius 2 is 2.11 bits per heavy atom. The Bertz CT molecular complexity index is 599. The van der Waals surface area contributed by atoms with Crippen molar-refractivity contribution in [3.63, 3.8) is 0 Å². The Hall–Kier alpha value is -2.43. The number of nitrogens with two attached hydrogens (primary N) is 1. The number of hydrogen-bond donors (Lipinski definition) is 2. The molecule has 0 atom stereocenters. The molecule has 0 spiro atoms. The van der Waals surface area contributed by atoms with Gasteiger partial charge in [0.25, 0.3) is 0 Å². The second-order valence-electron chi connectivity index (χ2n) is 3.83. The molecule has 1 aromatic heterocycles. The van der Waals surface area contributed by atoms with Gasteiger partial charge in [-0.3, -0.25) is 5.41 Å². The molecule has 0 radical (unpaired) electrons. The minimum atomic E-state index is -0.462. The van der Waals surface area contributed by atoms with Crippen molar-refractivity contribution in [2.24, 2.45) is 5.73 Å². The third-order valence-corrected chi connectivity index (χ3v) is 2.35. The van der Waals surface area contributed by atoms with Gasteiger partial charge in [-0.05, 0) is 30.7 Å². The highest BCUT2D eigenvalue weighted by atomic mass is 19.1. The Kier molecular flexibility index (Phi) is 3.23. The van der Waals surface area contributed by atoms with Gasteiger partial charge in [0.2, 0.25) is 5.88 Å². The van der Waals surface area contributed by atoms with Crippen molar-refractivity contribution in [3.8, 4) is 11.6 Å². The number of aryl methyl sites for hydroxylation is 1. The maximum atomic E-state index is 13.5. The largest absolute Gasteiger partial charge is 0.436 e. The number of aromatic nitrogens is 1. The van der Waals surface area contributed by atoms with Crippen LogP contribution in [0.2, 0.25) is 0 Å². The Morgan fingerprint density at radius 3 is 2.83 bits per heavy atom. The van der Waals surface area contributed by atoms with Crippen LogP contribution in [0.5, 0.6) is 11.6 Å². The summed E-state index contributed by atoms with van der Waals surface area (Å²) >= 11 is 0. The second kappa shape index (κ2) is 4.83. The van der Waals surface area contributed by atoms with Crippen molar-refractivity contribution in [1.29, 1.82) is 5.41 Å². The first kappa shape index (κ1) is 12.0. The number of halogens is 1. The average molecular weight is 245 g/mol. The van der Waals surface area contributed by atoms with E-state index in [1.165, 1.54) is 18.3 Å². The van der Waals surface area contributed by atoms with E-state index >= 15 is 0 Å². The van der Waals surface area contributed by atoms with E-state index in [1.54, 1.807) is 18.2 Å². The summed E-state index contributed by atoms with van der Waals surface area (Å²) in [6.45, 7) is 1.84. The van der Waals surface area contributed by atoms with E-state index in [4.69, 9.17) is 15.9 Å². The monoisotopic (exact) mass is 245 g/mol. The molecule has 5 heteroatoms. The summed E-state index contributed by atoms with van der Waals surface area (Å²) in [5.41, 5.74) is 6.72. The maximum Gasteiger partial charge on any atom is 0.220 e. The van der Waals surface area contributed by atoms with E-state index in [0.717, 1.165) is 5.56 Å². The number of nitrogens with one attached hydrogen (secondary N) is 1. The van der Waals surface area contributed by atoms with Gasteiger partial charge in [0, 0.05) is 17.8 Å². The first-order valence-corrected chi connectivity index (χ1v) is 5.31. The van der Waals surface area contributed by atoms with Gasteiger partial charge >= 0.3 is 0 Å². The molecule has 0 fully saturated rings. The molecular formula is C13H12FN3O. The van der Waals surface area contributed by atoms with Crippen molar-refractivity contribution < 1.29 is 9.13 Å². The topological polar surface area (TPSA) is 72.0 Å². The molecule has 0 aliphatic carbocycles. The summed E-state index contributed by atoms with van der Waals surface area (Å²) in [6.07, 6.45) is 1.46. The molecule has 1 heterocycles. The van der Waals surface area contributed by atoms with Gasteiger partial charge in [0.05, 0.1) is 0 Å². The lowest BCUT2D eigenvalue weighted by Crippen LogP contribution is -2.11. The van der Waals surface area contributed by atoms with E-state index in [-0.39, 0.29) is 17.5 Å². The maximum absolute atomic E-state index is 13.5. The molecule has 4 nitrogen and oxygen atoms in total. The normalized spacial score (nSPS) is 10.1. The highest BCUT2D eigenvalue weighted by molar-refractivity contribution is 5.95. The van der Waals surface area contributed by atoms with Crippen LogP contribution in [-0.2, 0) is 0 Å². The minimum Gasteiger partial charge on any atom is -0.436 e. The predicted octanol–water partition coefficient (Wildman–Crippen LogP) is 2.61.